The Balaban J connectivity index is 2.95. The van der Waals surface area contributed by atoms with E-state index in [4.69, 9.17) is 5.11 Å². The maximum Gasteiger partial charge on any atom is 0.323 e. The van der Waals surface area contributed by atoms with E-state index in [-0.39, 0.29) is 17.7 Å². The van der Waals surface area contributed by atoms with Gasteiger partial charge >= 0.3 is 5.97 Å². The van der Waals surface area contributed by atoms with Gasteiger partial charge in [-0.3, -0.25) is 9.59 Å². The predicted octanol–water partition coefficient (Wildman–Crippen LogP) is 2.56. The van der Waals surface area contributed by atoms with Gasteiger partial charge in [0.2, 0.25) is 0 Å². The molecule has 0 heterocycles. The SMILES string of the molecule is CCCN(CC(=O)O)C(=O)c1cccc(C(F)F)c1. The topological polar surface area (TPSA) is 57.6 Å². The molecule has 1 N–H and O–H groups in total. The molecule has 0 radical (unpaired) electrons. The highest BCUT2D eigenvalue weighted by Gasteiger charge is 2.19. The van der Waals surface area contributed by atoms with Gasteiger partial charge < -0.3 is 10.0 Å². The van der Waals surface area contributed by atoms with Gasteiger partial charge in [0.1, 0.15) is 6.54 Å². The lowest BCUT2D eigenvalue weighted by atomic mass is 10.1. The van der Waals surface area contributed by atoms with Crippen molar-refractivity contribution in [3.63, 3.8) is 0 Å². The Morgan fingerprint density at radius 3 is 2.58 bits per heavy atom. The molecule has 0 atom stereocenters. The molecule has 1 amide bonds. The Morgan fingerprint density at radius 1 is 1.37 bits per heavy atom. The van der Waals surface area contributed by atoms with E-state index < -0.39 is 24.8 Å². The minimum absolute atomic E-state index is 0.0764. The van der Waals surface area contributed by atoms with Gasteiger partial charge in [-0.15, -0.1) is 0 Å². The number of halogens is 2. The van der Waals surface area contributed by atoms with Crippen LogP contribution < -0.4 is 0 Å². The first-order valence-corrected chi connectivity index (χ1v) is 5.85. The molecule has 0 saturated heterocycles. The summed E-state index contributed by atoms with van der Waals surface area (Å²) in [6, 6.07) is 5.08. The van der Waals surface area contributed by atoms with Crippen LogP contribution in [0.1, 0.15) is 35.7 Å². The van der Waals surface area contributed by atoms with E-state index in [0.717, 1.165) is 11.0 Å². The minimum Gasteiger partial charge on any atom is -0.480 e. The van der Waals surface area contributed by atoms with Gasteiger partial charge in [-0.25, -0.2) is 8.78 Å². The van der Waals surface area contributed by atoms with Gasteiger partial charge in [-0.2, -0.15) is 0 Å². The third-order valence-corrected chi connectivity index (χ3v) is 2.49. The zero-order valence-corrected chi connectivity index (χ0v) is 10.5. The highest BCUT2D eigenvalue weighted by molar-refractivity contribution is 5.96. The van der Waals surface area contributed by atoms with Gasteiger partial charge in [0.05, 0.1) is 0 Å². The smallest absolute Gasteiger partial charge is 0.323 e. The van der Waals surface area contributed by atoms with Crippen LogP contribution in [0.4, 0.5) is 8.78 Å². The maximum atomic E-state index is 12.6. The molecule has 0 fully saturated rings. The zero-order valence-electron chi connectivity index (χ0n) is 10.5. The molecule has 1 aromatic rings. The lowest BCUT2D eigenvalue weighted by Crippen LogP contribution is -2.36. The highest BCUT2D eigenvalue weighted by Crippen LogP contribution is 2.20. The molecule has 0 unspecified atom stereocenters. The number of nitrogens with zero attached hydrogens (tertiary/aromatic N) is 1. The summed E-state index contributed by atoms with van der Waals surface area (Å²) in [6.07, 6.45) is -2.07. The van der Waals surface area contributed by atoms with Crippen LogP contribution >= 0.6 is 0 Å². The molecule has 0 aliphatic carbocycles. The number of rotatable bonds is 6. The largest absolute Gasteiger partial charge is 0.480 e. The molecule has 6 heteroatoms. The molecule has 0 saturated carbocycles. The molecule has 1 rings (SSSR count). The number of hydrogen-bond donors (Lipinski definition) is 1. The van der Waals surface area contributed by atoms with Crippen molar-refractivity contribution in [2.45, 2.75) is 19.8 Å². The fourth-order valence-electron chi connectivity index (χ4n) is 1.68. The number of carboxylic acid groups (broad SMARTS) is 1. The molecule has 0 aliphatic heterocycles. The van der Waals surface area contributed by atoms with Gasteiger partial charge in [0.25, 0.3) is 12.3 Å². The Labute approximate surface area is 109 Å². The van der Waals surface area contributed by atoms with Crippen LogP contribution in [0.15, 0.2) is 24.3 Å². The highest BCUT2D eigenvalue weighted by atomic mass is 19.3. The van der Waals surface area contributed by atoms with Crippen LogP contribution in [0, 0.1) is 0 Å². The Kier molecular flexibility index (Phi) is 5.41. The van der Waals surface area contributed by atoms with Crippen LogP contribution in [0.25, 0.3) is 0 Å². The molecule has 0 bridgehead atoms. The van der Waals surface area contributed by atoms with Gasteiger partial charge in [0.15, 0.2) is 0 Å². The number of alkyl halides is 2. The summed E-state index contributed by atoms with van der Waals surface area (Å²) in [4.78, 5) is 23.9. The van der Waals surface area contributed by atoms with E-state index in [1.807, 2.05) is 0 Å². The van der Waals surface area contributed by atoms with E-state index in [2.05, 4.69) is 0 Å². The number of carboxylic acids is 1. The van der Waals surface area contributed by atoms with Crippen LogP contribution in [0.3, 0.4) is 0 Å². The van der Waals surface area contributed by atoms with Crippen molar-refractivity contribution in [1.82, 2.24) is 4.90 Å². The molecule has 4 nitrogen and oxygen atoms in total. The van der Waals surface area contributed by atoms with Crippen molar-refractivity contribution >= 4 is 11.9 Å². The van der Waals surface area contributed by atoms with Crippen LogP contribution in [0.5, 0.6) is 0 Å². The number of hydrogen-bond acceptors (Lipinski definition) is 2. The molecule has 0 aliphatic rings. The van der Waals surface area contributed by atoms with E-state index >= 15 is 0 Å². The molecule has 19 heavy (non-hydrogen) atoms. The van der Waals surface area contributed by atoms with Crippen LogP contribution in [-0.4, -0.2) is 35.0 Å². The van der Waals surface area contributed by atoms with Gasteiger partial charge in [-0.05, 0) is 18.6 Å². The van der Waals surface area contributed by atoms with Crippen molar-refractivity contribution in [1.29, 1.82) is 0 Å². The summed E-state index contributed by atoms with van der Waals surface area (Å²) < 4.78 is 25.1. The molecular formula is C13H15F2NO3. The third-order valence-electron chi connectivity index (χ3n) is 2.49. The lowest BCUT2D eigenvalue weighted by Gasteiger charge is -2.20. The van der Waals surface area contributed by atoms with Crippen molar-refractivity contribution in [2.24, 2.45) is 0 Å². The van der Waals surface area contributed by atoms with E-state index in [1.54, 1.807) is 6.92 Å². The maximum absolute atomic E-state index is 12.6. The summed E-state index contributed by atoms with van der Waals surface area (Å²) in [6.45, 7) is 1.63. The Hall–Kier alpha value is -1.98. The molecule has 0 aromatic heterocycles. The second kappa shape index (κ2) is 6.82. The average molecular weight is 271 g/mol. The van der Waals surface area contributed by atoms with Crippen LogP contribution in [-0.2, 0) is 4.79 Å². The molecule has 1 aromatic carbocycles. The quantitative estimate of drug-likeness (QED) is 0.865. The number of carbonyl (C=O) groups is 2. The minimum atomic E-state index is -2.66. The van der Waals surface area contributed by atoms with Gasteiger partial charge in [0, 0.05) is 17.7 Å². The molecular weight excluding hydrogens is 256 g/mol. The predicted molar refractivity (Wildman–Crippen MR) is 65.2 cm³/mol. The normalized spacial score (nSPS) is 10.5. The Bertz CT molecular complexity index is 463. The number of carbonyl (C=O) groups excluding carboxylic acids is 1. The summed E-state index contributed by atoms with van der Waals surface area (Å²) in [5, 5.41) is 8.74. The van der Waals surface area contributed by atoms with E-state index in [0.29, 0.717) is 6.42 Å². The van der Waals surface area contributed by atoms with Crippen molar-refractivity contribution < 1.29 is 23.5 Å². The average Bonchev–Trinajstić information content (AvgIpc) is 2.37. The summed E-state index contributed by atoms with van der Waals surface area (Å²) in [5.41, 5.74) is -0.176. The summed E-state index contributed by atoms with van der Waals surface area (Å²) in [7, 11) is 0. The standard InChI is InChI=1S/C13H15F2NO3/c1-2-6-16(8-11(17)18)13(19)10-5-3-4-9(7-10)12(14)15/h3-5,7,12H,2,6,8H2,1H3,(H,17,18). The van der Waals surface area contributed by atoms with Crippen molar-refractivity contribution in [3.8, 4) is 0 Å². The number of benzene rings is 1. The lowest BCUT2D eigenvalue weighted by molar-refractivity contribution is -0.137. The van der Waals surface area contributed by atoms with Crippen molar-refractivity contribution in [2.75, 3.05) is 13.1 Å². The number of aliphatic carboxylic acids is 1. The Morgan fingerprint density at radius 2 is 2.05 bits per heavy atom. The first-order chi connectivity index (χ1) is 8.95. The summed E-state index contributed by atoms with van der Waals surface area (Å²) in [5.74, 6) is -1.68. The fraction of sp³-hybridized carbons (Fsp3) is 0.385. The third kappa shape index (κ3) is 4.31. The first kappa shape index (κ1) is 15.1. The molecule has 0 spiro atoms. The second-order valence-electron chi connectivity index (χ2n) is 4.05. The first-order valence-electron chi connectivity index (χ1n) is 5.85. The van der Waals surface area contributed by atoms with E-state index in [9.17, 15) is 18.4 Å². The number of amides is 1. The van der Waals surface area contributed by atoms with Crippen molar-refractivity contribution in [3.05, 3.63) is 35.4 Å². The van der Waals surface area contributed by atoms with Crippen LogP contribution in [0.2, 0.25) is 0 Å². The fourth-order valence-corrected chi connectivity index (χ4v) is 1.68. The monoisotopic (exact) mass is 271 g/mol. The van der Waals surface area contributed by atoms with Gasteiger partial charge in [-0.1, -0.05) is 19.1 Å². The van der Waals surface area contributed by atoms with E-state index in [1.165, 1.54) is 18.2 Å². The second-order valence-corrected chi connectivity index (χ2v) is 4.05. The molecule has 104 valence electrons. The zero-order chi connectivity index (χ0) is 14.4. The summed E-state index contributed by atoms with van der Waals surface area (Å²) >= 11 is 0.